The summed E-state index contributed by atoms with van der Waals surface area (Å²) in [5.74, 6) is 1.38. The molecule has 27 heavy (non-hydrogen) atoms. The van der Waals surface area contributed by atoms with Gasteiger partial charge in [-0.05, 0) is 43.0 Å². The van der Waals surface area contributed by atoms with Gasteiger partial charge in [-0.25, -0.2) is 24.7 Å². The third-order valence-corrected chi connectivity index (χ3v) is 5.27. The van der Waals surface area contributed by atoms with E-state index in [1.165, 1.54) is 0 Å². The van der Waals surface area contributed by atoms with Crippen LogP contribution >= 0.6 is 0 Å². The van der Waals surface area contributed by atoms with E-state index in [1.54, 1.807) is 23.3 Å². The van der Waals surface area contributed by atoms with Crippen molar-refractivity contribution in [3.05, 3.63) is 53.5 Å². The van der Waals surface area contributed by atoms with Gasteiger partial charge in [0.25, 0.3) is 0 Å². The number of fused-ring (bicyclic) bond motifs is 2. The Labute approximate surface area is 154 Å². The molecule has 0 atom stereocenters. The van der Waals surface area contributed by atoms with Gasteiger partial charge in [0.15, 0.2) is 11.3 Å². The first-order valence-electron chi connectivity index (χ1n) is 9.14. The molecule has 0 aliphatic carbocycles. The van der Waals surface area contributed by atoms with Gasteiger partial charge in [-0.2, -0.15) is 0 Å². The van der Waals surface area contributed by atoms with E-state index in [0.717, 1.165) is 53.9 Å². The van der Waals surface area contributed by atoms with Crippen molar-refractivity contribution in [2.75, 3.05) is 18.0 Å². The Hall–Kier alpha value is -3.29. The molecule has 0 saturated carbocycles. The van der Waals surface area contributed by atoms with Crippen molar-refractivity contribution in [2.45, 2.75) is 19.4 Å². The highest BCUT2D eigenvalue weighted by Gasteiger charge is 2.23. The SMILES string of the molecule is O=c1[nH]c2cccnc2n1CC1CCN(c2ncnc3ncccc23)CC1. The minimum absolute atomic E-state index is 0.0843. The van der Waals surface area contributed by atoms with Gasteiger partial charge in [0.2, 0.25) is 0 Å². The zero-order valence-corrected chi connectivity index (χ0v) is 14.7. The summed E-state index contributed by atoms with van der Waals surface area (Å²) < 4.78 is 1.76. The van der Waals surface area contributed by atoms with E-state index in [1.807, 2.05) is 24.3 Å². The monoisotopic (exact) mass is 361 g/mol. The van der Waals surface area contributed by atoms with E-state index >= 15 is 0 Å². The largest absolute Gasteiger partial charge is 0.356 e. The van der Waals surface area contributed by atoms with Crippen LogP contribution in [-0.2, 0) is 6.54 Å². The number of aromatic amines is 1. The standard InChI is InChI=1S/C19H19N7O/c27-19-24-15-4-2-8-21-18(15)26(19)11-13-5-9-25(10-6-13)17-14-3-1-7-20-16(14)22-12-23-17/h1-4,7-8,12-13H,5-6,9-11H2,(H,24,27). The van der Waals surface area contributed by atoms with Crippen LogP contribution in [0.25, 0.3) is 22.2 Å². The molecule has 5 heterocycles. The smallest absolute Gasteiger partial charge is 0.327 e. The number of piperidine rings is 1. The molecule has 0 aromatic carbocycles. The number of hydrogen-bond donors (Lipinski definition) is 1. The molecule has 4 aromatic heterocycles. The molecule has 0 radical (unpaired) electrons. The molecule has 8 heteroatoms. The van der Waals surface area contributed by atoms with E-state index in [-0.39, 0.29) is 5.69 Å². The van der Waals surface area contributed by atoms with Crippen LogP contribution in [0.5, 0.6) is 0 Å². The number of imidazole rings is 1. The lowest BCUT2D eigenvalue weighted by molar-refractivity contribution is 0.356. The maximum Gasteiger partial charge on any atom is 0.327 e. The Kier molecular flexibility index (Phi) is 3.81. The minimum atomic E-state index is -0.0843. The lowest BCUT2D eigenvalue weighted by Gasteiger charge is -2.33. The first-order chi connectivity index (χ1) is 13.3. The summed E-state index contributed by atoms with van der Waals surface area (Å²) in [5, 5.41) is 0.982. The summed E-state index contributed by atoms with van der Waals surface area (Å²) in [6.45, 7) is 2.49. The number of nitrogens with zero attached hydrogens (tertiary/aromatic N) is 6. The number of H-pyrrole nitrogens is 1. The summed E-state index contributed by atoms with van der Waals surface area (Å²) in [4.78, 5) is 34.9. The fourth-order valence-corrected chi connectivity index (χ4v) is 3.88. The summed E-state index contributed by atoms with van der Waals surface area (Å²) in [6, 6.07) is 7.65. The van der Waals surface area contributed by atoms with E-state index in [9.17, 15) is 4.79 Å². The number of aromatic nitrogens is 6. The summed E-state index contributed by atoms with van der Waals surface area (Å²) in [7, 11) is 0. The Balaban J connectivity index is 1.34. The highest BCUT2D eigenvalue weighted by Crippen LogP contribution is 2.27. The number of hydrogen-bond acceptors (Lipinski definition) is 6. The Morgan fingerprint density at radius 3 is 2.74 bits per heavy atom. The molecule has 5 rings (SSSR count). The van der Waals surface area contributed by atoms with Crippen LogP contribution in [0, 0.1) is 5.92 Å². The van der Waals surface area contributed by atoms with Crippen molar-refractivity contribution in [3.8, 4) is 0 Å². The second-order valence-corrected chi connectivity index (χ2v) is 6.92. The molecule has 1 saturated heterocycles. The molecule has 1 N–H and O–H groups in total. The fourth-order valence-electron chi connectivity index (χ4n) is 3.88. The van der Waals surface area contributed by atoms with Crippen LogP contribution < -0.4 is 10.6 Å². The van der Waals surface area contributed by atoms with Crippen molar-refractivity contribution >= 4 is 28.0 Å². The second-order valence-electron chi connectivity index (χ2n) is 6.92. The highest BCUT2D eigenvalue weighted by molar-refractivity contribution is 5.86. The van der Waals surface area contributed by atoms with Crippen LogP contribution in [0.4, 0.5) is 5.82 Å². The van der Waals surface area contributed by atoms with Gasteiger partial charge >= 0.3 is 5.69 Å². The summed E-state index contributed by atoms with van der Waals surface area (Å²) in [5.41, 5.74) is 2.16. The van der Waals surface area contributed by atoms with Gasteiger partial charge in [-0.15, -0.1) is 0 Å². The van der Waals surface area contributed by atoms with Crippen LogP contribution in [0.2, 0.25) is 0 Å². The Bertz CT molecular complexity index is 1150. The van der Waals surface area contributed by atoms with E-state index in [2.05, 4.69) is 29.8 Å². The van der Waals surface area contributed by atoms with Gasteiger partial charge in [0, 0.05) is 32.0 Å². The maximum atomic E-state index is 12.3. The van der Waals surface area contributed by atoms with Gasteiger partial charge in [0.1, 0.15) is 12.1 Å². The molecular formula is C19H19N7O. The molecule has 0 unspecified atom stereocenters. The number of rotatable bonds is 3. The van der Waals surface area contributed by atoms with Gasteiger partial charge in [-0.3, -0.25) is 4.57 Å². The van der Waals surface area contributed by atoms with Crippen LogP contribution in [-0.4, -0.2) is 42.6 Å². The van der Waals surface area contributed by atoms with Crippen molar-refractivity contribution < 1.29 is 0 Å². The molecule has 8 nitrogen and oxygen atoms in total. The molecule has 0 bridgehead atoms. The van der Waals surface area contributed by atoms with E-state index in [4.69, 9.17) is 0 Å². The third kappa shape index (κ3) is 2.83. The maximum absolute atomic E-state index is 12.3. The summed E-state index contributed by atoms with van der Waals surface area (Å²) >= 11 is 0. The second kappa shape index (κ2) is 6.46. The number of nitrogens with one attached hydrogen (secondary N) is 1. The first-order valence-corrected chi connectivity index (χ1v) is 9.14. The van der Waals surface area contributed by atoms with E-state index < -0.39 is 0 Å². The normalized spacial score (nSPS) is 15.6. The van der Waals surface area contributed by atoms with Crippen LogP contribution in [0.3, 0.4) is 0 Å². The molecule has 0 amide bonds. The number of anilines is 1. The average molecular weight is 361 g/mol. The average Bonchev–Trinajstić information content (AvgIpc) is 3.03. The predicted octanol–water partition coefficient (Wildman–Crippen LogP) is 1.98. The zero-order chi connectivity index (χ0) is 18.2. The predicted molar refractivity (Wildman–Crippen MR) is 103 cm³/mol. The van der Waals surface area contributed by atoms with Crippen molar-refractivity contribution in [1.29, 1.82) is 0 Å². The first kappa shape index (κ1) is 15.9. The van der Waals surface area contributed by atoms with Crippen LogP contribution in [0.15, 0.2) is 47.8 Å². The zero-order valence-electron chi connectivity index (χ0n) is 14.7. The summed E-state index contributed by atoms with van der Waals surface area (Å²) in [6.07, 6.45) is 7.05. The van der Waals surface area contributed by atoms with Gasteiger partial charge in [0.05, 0.1) is 10.9 Å². The molecule has 4 aromatic rings. The quantitative estimate of drug-likeness (QED) is 0.600. The molecule has 1 aliphatic rings. The lowest BCUT2D eigenvalue weighted by Crippen LogP contribution is -2.36. The fraction of sp³-hybridized carbons (Fsp3) is 0.316. The Morgan fingerprint density at radius 1 is 1.04 bits per heavy atom. The van der Waals surface area contributed by atoms with Gasteiger partial charge in [-0.1, -0.05) is 0 Å². The van der Waals surface area contributed by atoms with Gasteiger partial charge < -0.3 is 9.88 Å². The van der Waals surface area contributed by atoms with Crippen molar-refractivity contribution in [2.24, 2.45) is 5.92 Å². The minimum Gasteiger partial charge on any atom is -0.356 e. The molecule has 1 fully saturated rings. The highest BCUT2D eigenvalue weighted by atomic mass is 16.1. The third-order valence-electron chi connectivity index (χ3n) is 5.27. The van der Waals surface area contributed by atoms with Crippen molar-refractivity contribution in [3.63, 3.8) is 0 Å². The lowest BCUT2D eigenvalue weighted by atomic mass is 9.96. The van der Waals surface area contributed by atoms with E-state index in [0.29, 0.717) is 12.5 Å². The topological polar surface area (TPSA) is 92.6 Å². The Morgan fingerprint density at radius 2 is 1.85 bits per heavy atom. The van der Waals surface area contributed by atoms with Crippen LogP contribution in [0.1, 0.15) is 12.8 Å². The molecule has 0 spiro atoms. The molecule has 136 valence electrons. The molecular weight excluding hydrogens is 342 g/mol. The molecule has 1 aliphatic heterocycles. The number of pyridine rings is 2. The van der Waals surface area contributed by atoms with Crippen molar-refractivity contribution in [1.82, 2.24) is 29.5 Å².